The van der Waals surface area contributed by atoms with Gasteiger partial charge in [-0.15, -0.1) is 0 Å². The van der Waals surface area contributed by atoms with Crippen molar-refractivity contribution in [3.63, 3.8) is 0 Å². The molecule has 1 aromatic rings. The van der Waals surface area contributed by atoms with Crippen molar-refractivity contribution in [2.24, 2.45) is 0 Å². The Balaban J connectivity index is 1.77. The Kier molecular flexibility index (Phi) is 2.92. The van der Waals surface area contributed by atoms with Gasteiger partial charge in [-0.1, -0.05) is 6.07 Å². The molecule has 94 valence electrons. The maximum atomic E-state index is 13.5. The number of piperidine rings is 1. The molecule has 2 heterocycles. The fraction of sp³-hybridized carbons (Fsp3) is 0.500. The van der Waals surface area contributed by atoms with Crippen LogP contribution in [0.2, 0.25) is 0 Å². The minimum absolute atomic E-state index is 0.128. The third-order valence-electron chi connectivity index (χ3n) is 3.96. The number of nitrogens with zero attached hydrogens (tertiary/aromatic N) is 1. The van der Waals surface area contributed by atoms with E-state index in [2.05, 4.69) is 10.6 Å². The molecule has 2 aliphatic heterocycles. The minimum atomic E-state index is -0.445. The van der Waals surface area contributed by atoms with Crippen LogP contribution in [-0.2, 0) is 0 Å². The number of hydrogen-bond donors (Lipinski definition) is 2. The van der Waals surface area contributed by atoms with Gasteiger partial charge in [0.15, 0.2) is 0 Å². The maximum absolute atomic E-state index is 13.5. The first kappa shape index (κ1) is 11.5. The highest BCUT2D eigenvalue weighted by atomic mass is 19.1. The standard InChI is InChI=1S/C14H16FN3/c15-13-2-1-3-14(12(13)8-16)18-11-6-9-4-5-10(7-11)17-9/h1-3,9-11,17-18H,4-7H2. The summed E-state index contributed by atoms with van der Waals surface area (Å²) >= 11 is 0. The highest BCUT2D eigenvalue weighted by molar-refractivity contribution is 5.58. The van der Waals surface area contributed by atoms with Crippen LogP contribution in [-0.4, -0.2) is 18.1 Å². The van der Waals surface area contributed by atoms with Crippen molar-refractivity contribution in [1.29, 1.82) is 5.26 Å². The molecule has 1 aromatic carbocycles. The molecule has 0 radical (unpaired) electrons. The number of nitrogens with one attached hydrogen (secondary N) is 2. The van der Waals surface area contributed by atoms with Gasteiger partial charge in [0.1, 0.15) is 17.4 Å². The van der Waals surface area contributed by atoms with Crippen molar-refractivity contribution < 1.29 is 4.39 Å². The molecular weight excluding hydrogens is 229 g/mol. The second kappa shape index (κ2) is 4.58. The Bertz CT molecular complexity index is 482. The van der Waals surface area contributed by atoms with Crippen molar-refractivity contribution in [3.05, 3.63) is 29.6 Å². The largest absolute Gasteiger partial charge is 0.381 e. The van der Waals surface area contributed by atoms with E-state index in [1.807, 2.05) is 6.07 Å². The molecule has 2 N–H and O–H groups in total. The molecule has 2 aliphatic rings. The lowest BCUT2D eigenvalue weighted by atomic mass is 9.99. The fourth-order valence-corrected chi connectivity index (χ4v) is 3.15. The maximum Gasteiger partial charge on any atom is 0.143 e. The highest BCUT2D eigenvalue weighted by Crippen LogP contribution is 2.29. The summed E-state index contributed by atoms with van der Waals surface area (Å²) in [4.78, 5) is 0. The zero-order valence-corrected chi connectivity index (χ0v) is 10.1. The highest BCUT2D eigenvalue weighted by Gasteiger charge is 2.33. The molecular formula is C14H16FN3. The third-order valence-corrected chi connectivity index (χ3v) is 3.96. The Hall–Kier alpha value is -1.60. The van der Waals surface area contributed by atoms with Crippen molar-refractivity contribution in [3.8, 4) is 6.07 Å². The number of halogens is 1. The summed E-state index contributed by atoms with van der Waals surface area (Å²) in [7, 11) is 0. The number of nitriles is 1. The molecule has 2 bridgehead atoms. The second-order valence-corrected chi connectivity index (χ2v) is 5.22. The molecule has 0 aliphatic carbocycles. The number of benzene rings is 1. The van der Waals surface area contributed by atoms with Gasteiger partial charge in [0.05, 0.1) is 5.69 Å². The molecule has 2 atom stereocenters. The van der Waals surface area contributed by atoms with Crippen LogP contribution in [0.3, 0.4) is 0 Å². The summed E-state index contributed by atoms with van der Waals surface area (Å²) in [6.07, 6.45) is 4.57. The third kappa shape index (κ3) is 2.06. The summed E-state index contributed by atoms with van der Waals surface area (Å²) in [6.45, 7) is 0. The van der Waals surface area contributed by atoms with E-state index in [4.69, 9.17) is 5.26 Å². The zero-order chi connectivity index (χ0) is 12.5. The van der Waals surface area contributed by atoms with Crippen LogP contribution in [0.1, 0.15) is 31.2 Å². The van der Waals surface area contributed by atoms with Crippen molar-refractivity contribution in [2.45, 2.75) is 43.8 Å². The predicted molar refractivity (Wildman–Crippen MR) is 67.7 cm³/mol. The van der Waals surface area contributed by atoms with Crippen molar-refractivity contribution in [2.75, 3.05) is 5.32 Å². The Morgan fingerprint density at radius 3 is 2.67 bits per heavy atom. The lowest BCUT2D eigenvalue weighted by Crippen LogP contribution is -2.43. The van der Waals surface area contributed by atoms with Crippen LogP contribution in [0.15, 0.2) is 18.2 Å². The molecule has 2 saturated heterocycles. The smallest absolute Gasteiger partial charge is 0.143 e. The first-order valence-electron chi connectivity index (χ1n) is 6.47. The SMILES string of the molecule is N#Cc1c(F)cccc1NC1CC2CCC(C1)N2. The number of anilines is 1. The first-order chi connectivity index (χ1) is 8.76. The number of hydrogen-bond acceptors (Lipinski definition) is 3. The van der Waals surface area contributed by atoms with Crippen molar-refractivity contribution >= 4 is 5.69 Å². The molecule has 2 fully saturated rings. The van der Waals surface area contributed by atoms with Gasteiger partial charge in [-0.2, -0.15) is 5.26 Å². The van der Waals surface area contributed by atoms with E-state index in [1.54, 1.807) is 12.1 Å². The van der Waals surface area contributed by atoms with Crippen LogP contribution in [0.4, 0.5) is 10.1 Å². The molecule has 2 unspecified atom stereocenters. The first-order valence-corrected chi connectivity index (χ1v) is 6.47. The van der Waals surface area contributed by atoms with Crippen molar-refractivity contribution in [1.82, 2.24) is 5.32 Å². The van der Waals surface area contributed by atoms with Gasteiger partial charge in [0.25, 0.3) is 0 Å². The van der Waals surface area contributed by atoms with E-state index in [1.165, 1.54) is 18.9 Å². The van der Waals surface area contributed by atoms with Crippen LogP contribution in [0, 0.1) is 17.1 Å². The Morgan fingerprint density at radius 1 is 1.28 bits per heavy atom. The van der Waals surface area contributed by atoms with Gasteiger partial charge in [0, 0.05) is 18.1 Å². The lowest BCUT2D eigenvalue weighted by molar-refractivity contribution is 0.378. The molecule has 0 saturated carbocycles. The topological polar surface area (TPSA) is 47.9 Å². The van der Waals surface area contributed by atoms with Crippen LogP contribution < -0.4 is 10.6 Å². The van der Waals surface area contributed by atoms with Gasteiger partial charge in [0.2, 0.25) is 0 Å². The van der Waals surface area contributed by atoms with E-state index >= 15 is 0 Å². The monoisotopic (exact) mass is 245 g/mol. The Labute approximate surface area is 106 Å². The quantitative estimate of drug-likeness (QED) is 0.841. The zero-order valence-electron chi connectivity index (χ0n) is 10.1. The number of rotatable bonds is 2. The van der Waals surface area contributed by atoms with Crippen LogP contribution >= 0.6 is 0 Å². The fourth-order valence-electron chi connectivity index (χ4n) is 3.15. The van der Waals surface area contributed by atoms with Gasteiger partial charge in [-0.3, -0.25) is 0 Å². The summed E-state index contributed by atoms with van der Waals surface area (Å²) < 4.78 is 13.5. The van der Waals surface area contributed by atoms with E-state index in [0.717, 1.165) is 12.8 Å². The Morgan fingerprint density at radius 2 is 2.00 bits per heavy atom. The predicted octanol–water partition coefficient (Wildman–Crippen LogP) is 2.39. The normalized spacial score (nSPS) is 29.9. The van der Waals surface area contributed by atoms with Gasteiger partial charge < -0.3 is 10.6 Å². The summed E-state index contributed by atoms with van der Waals surface area (Å²) in [6, 6.07) is 8.21. The molecule has 0 amide bonds. The molecule has 18 heavy (non-hydrogen) atoms. The molecule has 0 aromatic heterocycles. The van der Waals surface area contributed by atoms with Crippen LogP contribution in [0.5, 0.6) is 0 Å². The minimum Gasteiger partial charge on any atom is -0.381 e. The molecule has 0 spiro atoms. The van der Waals surface area contributed by atoms with Gasteiger partial charge >= 0.3 is 0 Å². The average molecular weight is 245 g/mol. The molecule has 3 nitrogen and oxygen atoms in total. The van der Waals surface area contributed by atoms with Gasteiger partial charge in [-0.05, 0) is 37.8 Å². The second-order valence-electron chi connectivity index (χ2n) is 5.22. The number of fused-ring (bicyclic) bond motifs is 2. The molecule has 3 rings (SSSR count). The van der Waals surface area contributed by atoms with E-state index in [-0.39, 0.29) is 5.56 Å². The van der Waals surface area contributed by atoms with Crippen LogP contribution in [0.25, 0.3) is 0 Å². The van der Waals surface area contributed by atoms with E-state index in [0.29, 0.717) is 23.8 Å². The van der Waals surface area contributed by atoms with E-state index in [9.17, 15) is 4.39 Å². The summed E-state index contributed by atoms with van der Waals surface area (Å²) in [5.74, 6) is -0.445. The summed E-state index contributed by atoms with van der Waals surface area (Å²) in [5, 5.41) is 15.9. The average Bonchev–Trinajstić information content (AvgIpc) is 2.69. The lowest BCUT2D eigenvalue weighted by Gasteiger charge is -2.30. The van der Waals surface area contributed by atoms with E-state index < -0.39 is 5.82 Å². The molecule has 4 heteroatoms. The summed E-state index contributed by atoms with van der Waals surface area (Å²) in [5.41, 5.74) is 0.757. The van der Waals surface area contributed by atoms with Gasteiger partial charge in [-0.25, -0.2) is 4.39 Å².